The van der Waals surface area contributed by atoms with Crippen LogP contribution in [0.2, 0.25) is 0 Å². The monoisotopic (exact) mass is 464 g/mol. The van der Waals surface area contributed by atoms with Gasteiger partial charge in [-0.2, -0.15) is 5.10 Å². The Morgan fingerprint density at radius 3 is 2.61 bits per heavy atom. The van der Waals surface area contributed by atoms with Crippen molar-refractivity contribution in [2.75, 3.05) is 13.1 Å². The lowest BCUT2D eigenvalue weighted by molar-refractivity contribution is -0.274. The number of carbonyl (C=O) groups is 1. The van der Waals surface area contributed by atoms with Gasteiger partial charge in [-0.15, -0.1) is 13.2 Å². The summed E-state index contributed by atoms with van der Waals surface area (Å²) < 4.78 is 44.3. The second-order valence-corrected chi connectivity index (χ2v) is 8.77. The number of hydrogen-bond acceptors (Lipinski definition) is 4. The Morgan fingerprint density at radius 2 is 1.91 bits per heavy atom. The van der Waals surface area contributed by atoms with Crippen molar-refractivity contribution >= 4 is 5.91 Å². The standard InChI is InChI=1S/C24H31F3N4O2/c1-2-31-20-12-11-18(28-16-17-9-5-6-10-21(17)33-24(25,26)27)15-19(20)22(29-31)23(32)30-13-7-3-4-8-14-30/h5-6,9-10,18,28H,2-4,7-8,11-16H2,1H3. The number of fused-ring (bicyclic) bond motifs is 1. The summed E-state index contributed by atoms with van der Waals surface area (Å²) in [6.07, 6.45) is 1.85. The molecule has 1 atom stereocenters. The molecule has 1 aliphatic heterocycles. The molecule has 0 bridgehead atoms. The van der Waals surface area contributed by atoms with Gasteiger partial charge in [0, 0.05) is 49.0 Å². The van der Waals surface area contributed by atoms with Gasteiger partial charge in [0.15, 0.2) is 5.69 Å². The largest absolute Gasteiger partial charge is 0.573 e. The number of hydrogen-bond donors (Lipinski definition) is 1. The number of aryl methyl sites for hydroxylation is 1. The zero-order chi connectivity index (χ0) is 23.4. The van der Waals surface area contributed by atoms with Crippen molar-refractivity contribution in [3.8, 4) is 5.75 Å². The molecule has 1 fully saturated rings. The maximum Gasteiger partial charge on any atom is 0.573 e. The first-order chi connectivity index (χ1) is 15.9. The van der Waals surface area contributed by atoms with Gasteiger partial charge in [0.1, 0.15) is 5.75 Å². The van der Waals surface area contributed by atoms with E-state index in [4.69, 9.17) is 0 Å². The van der Waals surface area contributed by atoms with Crippen LogP contribution in [0, 0.1) is 0 Å². The third kappa shape index (κ3) is 5.69. The minimum absolute atomic E-state index is 0.00456. The Hall–Kier alpha value is -2.55. The number of likely N-dealkylation sites (tertiary alicyclic amines) is 1. The Kier molecular flexibility index (Phi) is 7.26. The van der Waals surface area contributed by atoms with Crippen LogP contribution >= 0.6 is 0 Å². The third-order valence-electron chi connectivity index (χ3n) is 6.52. The molecule has 1 saturated heterocycles. The molecule has 1 aliphatic carbocycles. The molecule has 4 rings (SSSR count). The van der Waals surface area contributed by atoms with Crippen molar-refractivity contribution in [1.82, 2.24) is 20.0 Å². The van der Waals surface area contributed by atoms with Crippen LogP contribution in [0.15, 0.2) is 24.3 Å². The first-order valence-corrected chi connectivity index (χ1v) is 11.8. The molecular weight excluding hydrogens is 433 g/mol. The van der Waals surface area contributed by atoms with E-state index in [2.05, 4.69) is 15.2 Å². The fourth-order valence-electron chi connectivity index (χ4n) is 4.85. The van der Waals surface area contributed by atoms with E-state index >= 15 is 0 Å². The molecule has 2 aromatic rings. The summed E-state index contributed by atoms with van der Waals surface area (Å²) in [7, 11) is 0. The highest BCUT2D eigenvalue weighted by molar-refractivity contribution is 5.94. The highest BCUT2D eigenvalue weighted by atomic mass is 19.4. The maximum absolute atomic E-state index is 13.3. The summed E-state index contributed by atoms with van der Waals surface area (Å²) in [5.41, 5.74) is 3.08. The number of ether oxygens (including phenoxy) is 1. The van der Waals surface area contributed by atoms with Gasteiger partial charge in [0.2, 0.25) is 0 Å². The molecule has 1 aromatic carbocycles. The highest BCUT2D eigenvalue weighted by Gasteiger charge is 2.33. The average Bonchev–Trinajstić information content (AvgIpc) is 2.94. The summed E-state index contributed by atoms with van der Waals surface area (Å²) in [4.78, 5) is 15.3. The van der Waals surface area contributed by atoms with E-state index < -0.39 is 6.36 Å². The topological polar surface area (TPSA) is 59.4 Å². The van der Waals surface area contributed by atoms with Crippen LogP contribution in [-0.2, 0) is 25.9 Å². The normalized spacial score (nSPS) is 19.2. The van der Waals surface area contributed by atoms with E-state index in [1.165, 1.54) is 12.1 Å². The van der Waals surface area contributed by atoms with Crippen LogP contribution in [0.3, 0.4) is 0 Å². The Labute approximate surface area is 192 Å². The molecule has 1 amide bonds. The summed E-state index contributed by atoms with van der Waals surface area (Å²) in [6, 6.07) is 6.22. The van der Waals surface area contributed by atoms with E-state index in [0.29, 0.717) is 24.2 Å². The molecule has 0 spiro atoms. The lowest BCUT2D eigenvalue weighted by Gasteiger charge is -2.26. The Morgan fingerprint density at radius 1 is 1.18 bits per heavy atom. The molecule has 1 N–H and O–H groups in total. The predicted octanol–water partition coefficient (Wildman–Crippen LogP) is 4.46. The number of rotatable bonds is 6. The van der Waals surface area contributed by atoms with Crippen molar-refractivity contribution in [3.05, 3.63) is 46.8 Å². The van der Waals surface area contributed by atoms with Gasteiger partial charge in [0.25, 0.3) is 5.91 Å². The Bertz CT molecular complexity index is 965. The molecule has 2 heterocycles. The number of carbonyl (C=O) groups excluding carboxylic acids is 1. The molecule has 180 valence electrons. The molecule has 33 heavy (non-hydrogen) atoms. The van der Waals surface area contributed by atoms with E-state index in [1.54, 1.807) is 12.1 Å². The van der Waals surface area contributed by atoms with Gasteiger partial charge in [0.05, 0.1) is 0 Å². The van der Waals surface area contributed by atoms with Gasteiger partial charge in [-0.05, 0) is 45.1 Å². The fraction of sp³-hybridized carbons (Fsp3) is 0.583. The van der Waals surface area contributed by atoms with Crippen LogP contribution in [-0.4, -0.2) is 46.1 Å². The minimum atomic E-state index is -4.73. The smallest absolute Gasteiger partial charge is 0.405 e. The highest BCUT2D eigenvalue weighted by Crippen LogP contribution is 2.29. The predicted molar refractivity (Wildman–Crippen MR) is 118 cm³/mol. The van der Waals surface area contributed by atoms with Crippen molar-refractivity contribution in [1.29, 1.82) is 0 Å². The molecule has 1 aromatic heterocycles. The first-order valence-electron chi connectivity index (χ1n) is 11.8. The van der Waals surface area contributed by atoms with Gasteiger partial charge in [-0.3, -0.25) is 9.48 Å². The van der Waals surface area contributed by atoms with E-state index in [9.17, 15) is 18.0 Å². The molecule has 9 heteroatoms. The molecule has 1 unspecified atom stereocenters. The van der Waals surface area contributed by atoms with Crippen molar-refractivity contribution in [2.45, 2.75) is 77.4 Å². The summed E-state index contributed by atoms with van der Waals surface area (Å²) in [6.45, 7) is 4.52. The van der Waals surface area contributed by atoms with Gasteiger partial charge < -0.3 is 15.0 Å². The molecule has 0 radical (unpaired) electrons. The maximum atomic E-state index is 13.3. The quantitative estimate of drug-likeness (QED) is 0.686. The second-order valence-electron chi connectivity index (χ2n) is 8.77. The molecular formula is C24H31F3N4O2. The number of halogens is 3. The van der Waals surface area contributed by atoms with Crippen LogP contribution in [0.4, 0.5) is 13.2 Å². The number of nitrogens with one attached hydrogen (secondary N) is 1. The fourth-order valence-corrected chi connectivity index (χ4v) is 4.85. The zero-order valence-corrected chi connectivity index (χ0v) is 19.0. The number of nitrogens with zero attached hydrogens (tertiary/aromatic N) is 3. The number of para-hydroxylation sites is 1. The van der Waals surface area contributed by atoms with E-state index in [1.807, 2.05) is 16.5 Å². The van der Waals surface area contributed by atoms with Crippen LogP contribution < -0.4 is 10.1 Å². The number of aromatic nitrogens is 2. The number of amides is 1. The molecule has 2 aliphatic rings. The summed E-state index contributed by atoms with van der Waals surface area (Å²) in [5, 5.41) is 8.05. The van der Waals surface area contributed by atoms with Crippen molar-refractivity contribution < 1.29 is 22.7 Å². The second kappa shape index (κ2) is 10.2. The summed E-state index contributed by atoms with van der Waals surface area (Å²) >= 11 is 0. The lowest BCUT2D eigenvalue weighted by atomic mass is 9.90. The van der Waals surface area contributed by atoms with Gasteiger partial charge >= 0.3 is 6.36 Å². The molecule has 0 saturated carbocycles. The SMILES string of the molecule is CCn1nc(C(=O)N2CCCCCC2)c2c1CCC(NCc1ccccc1OC(F)(F)F)C2. The minimum Gasteiger partial charge on any atom is -0.405 e. The van der Waals surface area contributed by atoms with Crippen LogP contribution in [0.1, 0.15) is 66.3 Å². The van der Waals surface area contributed by atoms with Crippen LogP contribution in [0.25, 0.3) is 0 Å². The number of benzene rings is 1. The van der Waals surface area contributed by atoms with Crippen LogP contribution in [0.5, 0.6) is 5.75 Å². The van der Waals surface area contributed by atoms with Gasteiger partial charge in [-0.1, -0.05) is 31.0 Å². The lowest BCUT2D eigenvalue weighted by Crippen LogP contribution is -2.36. The Balaban J connectivity index is 1.48. The number of alkyl halides is 3. The molecule has 6 nitrogen and oxygen atoms in total. The average molecular weight is 465 g/mol. The van der Waals surface area contributed by atoms with E-state index in [0.717, 1.165) is 62.9 Å². The first kappa shape index (κ1) is 23.6. The van der Waals surface area contributed by atoms with Gasteiger partial charge in [-0.25, -0.2) is 0 Å². The van der Waals surface area contributed by atoms with E-state index in [-0.39, 0.29) is 24.2 Å². The van der Waals surface area contributed by atoms with Crippen molar-refractivity contribution in [3.63, 3.8) is 0 Å². The summed E-state index contributed by atoms with van der Waals surface area (Å²) in [5.74, 6) is -0.185. The third-order valence-corrected chi connectivity index (χ3v) is 6.52. The van der Waals surface area contributed by atoms with Crippen molar-refractivity contribution in [2.24, 2.45) is 0 Å². The zero-order valence-electron chi connectivity index (χ0n) is 19.0.